The predicted molar refractivity (Wildman–Crippen MR) is 108 cm³/mol. The zero-order valence-corrected chi connectivity index (χ0v) is 17.1. The Labute approximate surface area is 173 Å². The second-order valence-electron chi connectivity index (χ2n) is 7.51. The van der Waals surface area contributed by atoms with E-state index in [0.717, 1.165) is 18.5 Å². The number of carboxylic acid groups (broad SMARTS) is 1. The van der Waals surface area contributed by atoms with Gasteiger partial charge in [-0.25, -0.2) is 14.8 Å². The van der Waals surface area contributed by atoms with Crippen LogP contribution in [0.25, 0.3) is 0 Å². The van der Waals surface area contributed by atoms with Crippen LogP contribution in [0.3, 0.4) is 0 Å². The maximum atomic E-state index is 12.6. The highest BCUT2D eigenvalue weighted by atomic mass is 32.2. The lowest BCUT2D eigenvalue weighted by Gasteiger charge is -2.16. The predicted octanol–water partition coefficient (Wildman–Crippen LogP) is 2.00. The fourth-order valence-corrected chi connectivity index (χ4v) is 4.61. The first-order chi connectivity index (χ1) is 14.2. The molecule has 158 valence electrons. The number of hydrogen-bond acceptors (Lipinski definition) is 7. The van der Waals surface area contributed by atoms with E-state index in [4.69, 9.17) is 9.29 Å². The van der Waals surface area contributed by atoms with Crippen molar-refractivity contribution in [3.8, 4) is 5.75 Å². The van der Waals surface area contributed by atoms with Gasteiger partial charge in [0.25, 0.3) is 0 Å². The van der Waals surface area contributed by atoms with Gasteiger partial charge < -0.3 is 14.6 Å². The molecule has 30 heavy (non-hydrogen) atoms. The smallest absolute Gasteiger partial charge is 0.408 e. The van der Waals surface area contributed by atoms with E-state index in [1.165, 1.54) is 50.1 Å². The van der Waals surface area contributed by atoms with Crippen LogP contribution in [-0.2, 0) is 10.1 Å². The van der Waals surface area contributed by atoms with Gasteiger partial charge in [0.05, 0.1) is 10.7 Å². The third-order valence-corrected chi connectivity index (χ3v) is 6.30. The van der Waals surface area contributed by atoms with Crippen LogP contribution in [0.5, 0.6) is 5.75 Å². The third kappa shape index (κ3) is 4.38. The van der Waals surface area contributed by atoms with Crippen molar-refractivity contribution < 1.29 is 22.5 Å². The summed E-state index contributed by atoms with van der Waals surface area (Å²) in [4.78, 5) is 19.4. The summed E-state index contributed by atoms with van der Waals surface area (Å²) in [6, 6.07) is 11.3. The van der Waals surface area contributed by atoms with E-state index >= 15 is 0 Å². The van der Waals surface area contributed by atoms with Gasteiger partial charge >= 0.3 is 16.2 Å². The maximum absolute atomic E-state index is 12.6. The number of carbonyl (C=O) groups is 1. The van der Waals surface area contributed by atoms with Crippen molar-refractivity contribution in [2.75, 3.05) is 5.32 Å². The van der Waals surface area contributed by atoms with Crippen molar-refractivity contribution in [1.82, 2.24) is 5.32 Å². The summed E-state index contributed by atoms with van der Waals surface area (Å²) < 4.78 is 30.5. The largest absolute Gasteiger partial charge is 0.465 e. The van der Waals surface area contributed by atoms with Gasteiger partial charge in [0, 0.05) is 24.7 Å². The molecule has 0 bridgehead atoms. The number of nitrogens with zero attached hydrogens (tertiary/aromatic N) is 2. The molecule has 10 heteroatoms. The quantitative estimate of drug-likeness (QED) is 0.601. The molecular weight excluding hydrogens is 408 g/mol. The van der Waals surface area contributed by atoms with E-state index in [-0.39, 0.29) is 10.6 Å². The minimum atomic E-state index is -4.03. The van der Waals surface area contributed by atoms with Crippen molar-refractivity contribution in [2.24, 2.45) is 9.98 Å². The molecule has 2 aromatic carbocycles. The van der Waals surface area contributed by atoms with E-state index in [2.05, 4.69) is 20.6 Å². The summed E-state index contributed by atoms with van der Waals surface area (Å²) in [6.07, 6.45) is 3.41. The number of nitrogens with one attached hydrogen (secondary N) is 2. The van der Waals surface area contributed by atoms with E-state index < -0.39 is 22.0 Å². The number of anilines is 1. The van der Waals surface area contributed by atoms with Crippen LogP contribution in [0.4, 0.5) is 10.5 Å². The highest BCUT2D eigenvalue weighted by molar-refractivity contribution is 7.87. The Morgan fingerprint density at radius 3 is 2.43 bits per heavy atom. The molecule has 1 aliphatic heterocycles. The number of fused-ring (bicyclic) bond motifs is 1. The molecule has 1 saturated carbocycles. The van der Waals surface area contributed by atoms with Crippen molar-refractivity contribution in [1.29, 1.82) is 0 Å². The van der Waals surface area contributed by atoms with E-state index in [1.807, 2.05) is 0 Å². The van der Waals surface area contributed by atoms with Gasteiger partial charge in [0.2, 0.25) is 5.79 Å². The Bertz CT molecular complexity index is 1190. The average molecular weight is 430 g/mol. The van der Waals surface area contributed by atoms with Crippen molar-refractivity contribution >= 4 is 21.9 Å². The summed E-state index contributed by atoms with van der Waals surface area (Å²) in [5, 5.41) is 15.3. The topological polar surface area (TPSA) is 129 Å². The molecule has 1 heterocycles. The molecule has 4 rings (SSSR count). The van der Waals surface area contributed by atoms with Crippen LogP contribution in [0.15, 0.2) is 57.3 Å². The minimum absolute atomic E-state index is 0.0407. The lowest BCUT2D eigenvalue weighted by atomic mass is 10.2. The van der Waals surface area contributed by atoms with Crippen LogP contribution in [0.1, 0.15) is 32.6 Å². The molecule has 0 aromatic heterocycles. The first kappa shape index (κ1) is 20.1. The zero-order chi connectivity index (χ0) is 21.4. The Hall–Kier alpha value is -3.14. The lowest BCUT2D eigenvalue weighted by Crippen LogP contribution is -2.41. The number of rotatable bonds is 6. The Morgan fingerprint density at radius 2 is 1.77 bits per heavy atom. The SMILES string of the molecule is CC1(NC(=O)O)N=c2ccc(OS(=O)(=O)c3ccc(NC4CCCC4)cc3)cc2=N1. The van der Waals surface area contributed by atoms with Gasteiger partial charge in [-0.3, -0.25) is 5.32 Å². The molecule has 0 saturated heterocycles. The molecule has 1 atom stereocenters. The monoisotopic (exact) mass is 430 g/mol. The van der Waals surface area contributed by atoms with E-state index in [9.17, 15) is 13.2 Å². The highest BCUT2D eigenvalue weighted by Crippen LogP contribution is 2.24. The summed E-state index contributed by atoms with van der Waals surface area (Å²) in [5.74, 6) is -1.28. The summed E-state index contributed by atoms with van der Waals surface area (Å²) >= 11 is 0. The molecule has 9 nitrogen and oxygen atoms in total. The molecule has 2 aromatic rings. The molecule has 1 unspecified atom stereocenters. The molecule has 0 radical (unpaired) electrons. The fraction of sp³-hybridized carbons (Fsp3) is 0.350. The molecule has 1 fully saturated rings. The first-order valence-electron chi connectivity index (χ1n) is 9.64. The second-order valence-corrected chi connectivity index (χ2v) is 9.06. The Kier molecular flexibility index (Phi) is 5.10. The van der Waals surface area contributed by atoms with Gasteiger partial charge in [0.1, 0.15) is 10.6 Å². The third-order valence-electron chi connectivity index (χ3n) is 5.04. The van der Waals surface area contributed by atoms with Gasteiger partial charge in [-0.15, -0.1) is 0 Å². The number of amides is 1. The van der Waals surface area contributed by atoms with Crippen molar-refractivity contribution in [3.63, 3.8) is 0 Å². The maximum Gasteiger partial charge on any atom is 0.408 e. The molecule has 1 amide bonds. The average Bonchev–Trinajstić information content (AvgIpc) is 3.27. The summed E-state index contributed by atoms with van der Waals surface area (Å²) in [5.41, 5.74) is 0.879. The van der Waals surface area contributed by atoms with Crippen LogP contribution >= 0.6 is 0 Å². The van der Waals surface area contributed by atoms with E-state index in [0.29, 0.717) is 16.8 Å². The fourth-order valence-electron chi connectivity index (χ4n) is 3.69. The summed E-state index contributed by atoms with van der Waals surface area (Å²) in [7, 11) is -4.03. The highest BCUT2D eigenvalue weighted by Gasteiger charge is 2.27. The molecule has 2 aliphatic rings. The Morgan fingerprint density at radius 1 is 1.10 bits per heavy atom. The van der Waals surface area contributed by atoms with Gasteiger partial charge in [-0.05, 0) is 49.2 Å². The van der Waals surface area contributed by atoms with Crippen LogP contribution in [0, 0.1) is 0 Å². The second kappa shape index (κ2) is 7.60. The Balaban J connectivity index is 1.51. The summed E-state index contributed by atoms with van der Waals surface area (Å²) in [6.45, 7) is 1.50. The zero-order valence-electron chi connectivity index (χ0n) is 16.3. The van der Waals surface area contributed by atoms with Crippen molar-refractivity contribution in [3.05, 3.63) is 53.2 Å². The van der Waals surface area contributed by atoms with Crippen molar-refractivity contribution in [2.45, 2.75) is 49.3 Å². The standard InChI is InChI=1S/C20H22N4O5S/c1-20(24-19(25)26)22-17-11-8-15(12-18(17)23-20)29-30(27,28)16-9-6-14(7-10-16)21-13-4-2-3-5-13/h6-13,21,24H,2-5H2,1H3,(H,25,26). The van der Waals surface area contributed by atoms with Gasteiger partial charge in [0.15, 0.2) is 0 Å². The lowest BCUT2D eigenvalue weighted by molar-refractivity contribution is 0.182. The minimum Gasteiger partial charge on any atom is -0.465 e. The van der Waals surface area contributed by atoms with Crippen LogP contribution in [0.2, 0.25) is 0 Å². The molecular formula is C20H22N4O5S. The van der Waals surface area contributed by atoms with Crippen LogP contribution < -0.4 is 25.5 Å². The van der Waals surface area contributed by atoms with Gasteiger partial charge in [-0.2, -0.15) is 8.42 Å². The molecule has 3 N–H and O–H groups in total. The van der Waals surface area contributed by atoms with Gasteiger partial charge in [-0.1, -0.05) is 12.8 Å². The first-order valence-corrected chi connectivity index (χ1v) is 11.1. The molecule has 1 aliphatic carbocycles. The van der Waals surface area contributed by atoms with E-state index in [1.54, 1.807) is 12.1 Å². The number of hydrogen-bond donors (Lipinski definition) is 3. The normalized spacial score (nSPS) is 20.7. The number of benzene rings is 2. The molecule has 0 spiro atoms. The van der Waals surface area contributed by atoms with Crippen LogP contribution in [-0.4, -0.2) is 31.4 Å².